The molecule has 1 heterocycles. The molecule has 1 atom stereocenters. The lowest BCUT2D eigenvalue weighted by Crippen LogP contribution is -2.33. The fourth-order valence-electron chi connectivity index (χ4n) is 2.53. The van der Waals surface area contributed by atoms with Crippen LogP contribution in [0.3, 0.4) is 0 Å². The maximum Gasteiger partial charge on any atom is 0.269 e. The molecule has 0 aliphatic heterocycles. The number of ether oxygens (including phenoxy) is 1. The van der Waals surface area contributed by atoms with E-state index in [1.165, 1.54) is 15.5 Å². The first-order valence-corrected chi connectivity index (χ1v) is 8.39. The summed E-state index contributed by atoms with van der Waals surface area (Å²) in [5.41, 5.74) is 0.764. The summed E-state index contributed by atoms with van der Waals surface area (Å²) in [6.07, 6.45) is 0. The van der Waals surface area contributed by atoms with Gasteiger partial charge in [0.2, 0.25) is 5.91 Å². The number of nitrogens with one attached hydrogen (secondary N) is 1. The Bertz CT molecular complexity index is 929. The Balaban J connectivity index is 1.77. The zero-order chi connectivity index (χ0) is 17.1. The third kappa shape index (κ3) is 3.05. The zero-order valence-electron chi connectivity index (χ0n) is 13.5. The molecule has 124 valence electrons. The maximum atomic E-state index is 12.4. The first-order valence-electron chi connectivity index (χ1n) is 7.62. The maximum absolute atomic E-state index is 12.4. The number of amides is 1. The number of aromatic nitrogens is 1. The van der Waals surface area contributed by atoms with Crippen LogP contribution in [0.4, 0.5) is 0 Å². The minimum atomic E-state index is -0.565. The lowest BCUT2D eigenvalue weighted by atomic mass is 10.2. The van der Waals surface area contributed by atoms with E-state index in [4.69, 9.17) is 4.74 Å². The van der Waals surface area contributed by atoms with Crippen LogP contribution in [0.2, 0.25) is 0 Å². The number of hydrogen-bond donors (Lipinski definition) is 1. The fraction of sp³-hybridized carbons (Fsp3) is 0.222. The molecule has 2 aromatic carbocycles. The molecule has 0 spiro atoms. The van der Waals surface area contributed by atoms with Crippen LogP contribution in [0.25, 0.3) is 10.1 Å². The van der Waals surface area contributed by atoms with Gasteiger partial charge in [0.05, 0.1) is 17.2 Å². The minimum absolute atomic E-state index is 0.129. The van der Waals surface area contributed by atoms with Gasteiger partial charge < -0.3 is 10.1 Å². The van der Waals surface area contributed by atoms with Crippen molar-refractivity contribution in [2.24, 2.45) is 0 Å². The van der Waals surface area contributed by atoms with Crippen molar-refractivity contribution >= 4 is 27.5 Å². The highest BCUT2D eigenvalue weighted by atomic mass is 32.1. The van der Waals surface area contributed by atoms with E-state index in [-0.39, 0.29) is 11.5 Å². The zero-order valence-corrected chi connectivity index (χ0v) is 14.3. The van der Waals surface area contributed by atoms with Crippen LogP contribution in [-0.4, -0.2) is 17.0 Å². The van der Waals surface area contributed by atoms with Gasteiger partial charge in [-0.2, -0.15) is 0 Å². The summed E-state index contributed by atoms with van der Waals surface area (Å²) in [6.45, 7) is 2.08. The monoisotopic (exact) mass is 342 g/mol. The summed E-state index contributed by atoms with van der Waals surface area (Å²) in [5, 5.41) is 3.52. The molecule has 0 radical (unpaired) electrons. The highest BCUT2D eigenvalue weighted by Crippen LogP contribution is 2.20. The van der Waals surface area contributed by atoms with Crippen molar-refractivity contribution in [3.63, 3.8) is 0 Å². The second kappa shape index (κ2) is 6.88. The van der Waals surface area contributed by atoms with E-state index in [0.29, 0.717) is 11.9 Å². The molecule has 1 aromatic heterocycles. The second-order valence-corrected chi connectivity index (χ2v) is 6.44. The van der Waals surface area contributed by atoms with Gasteiger partial charge in [-0.25, -0.2) is 0 Å². The predicted molar refractivity (Wildman–Crippen MR) is 95.6 cm³/mol. The van der Waals surface area contributed by atoms with Gasteiger partial charge in [0.15, 0.2) is 0 Å². The quantitative estimate of drug-likeness (QED) is 0.775. The van der Waals surface area contributed by atoms with E-state index in [0.717, 1.165) is 16.0 Å². The Morgan fingerprint density at radius 2 is 1.92 bits per heavy atom. The van der Waals surface area contributed by atoms with Crippen LogP contribution in [0, 0.1) is 0 Å². The van der Waals surface area contributed by atoms with Crippen LogP contribution in [0.15, 0.2) is 53.3 Å². The van der Waals surface area contributed by atoms with Crippen molar-refractivity contribution in [2.45, 2.75) is 19.5 Å². The Labute approximate surface area is 143 Å². The molecular formula is C18H18N2O3S. The van der Waals surface area contributed by atoms with Gasteiger partial charge in [0.1, 0.15) is 11.8 Å². The van der Waals surface area contributed by atoms with Gasteiger partial charge in [0.25, 0.3) is 5.56 Å². The van der Waals surface area contributed by atoms with Crippen LogP contribution < -0.4 is 15.6 Å². The predicted octanol–water partition coefficient (Wildman–Crippen LogP) is 2.95. The molecule has 3 rings (SSSR count). The van der Waals surface area contributed by atoms with Crippen molar-refractivity contribution in [3.05, 3.63) is 64.4 Å². The Hall–Kier alpha value is -2.60. The molecule has 0 saturated heterocycles. The molecule has 6 heteroatoms. The van der Waals surface area contributed by atoms with Crippen molar-refractivity contribution in [2.75, 3.05) is 7.11 Å². The fourth-order valence-corrected chi connectivity index (χ4v) is 3.57. The highest BCUT2D eigenvalue weighted by Gasteiger charge is 2.19. The number of benzene rings is 2. The Morgan fingerprint density at radius 1 is 1.21 bits per heavy atom. The van der Waals surface area contributed by atoms with Crippen molar-refractivity contribution in [1.82, 2.24) is 9.27 Å². The third-order valence-electron chi connectivity index (χ3n) is 3.89. The molecule has 0 aliphatic rings. The highest BCUT2D eigenvalue weighted by molar-refractivity contribution is 7.14. The number of carbonyl (C=O) groups is 1. The Morgan fingerprint density at radius 3 is 2.67 bits per heavy atom. The van der Waals surface area contributed by atoms with Gasteiger partial charge in [0, 0.05) is 12.1 Å². The topological polar surface area (TPSA) is 60.3 Å². The van der Waals surface area contributed by atoms with Gasteiger partial charge >= 0.3 is 0 Å². The average molecular weight is 342 g/mol. The average Bonchev–Trinajstić information content (AvgIpc) is 2.96. The summed E-state index contributed by atoms with van der Waals surface area (Å²) in [6, 6.07) is 14.3. The van der Waals surface area contributed by atoms with Gasteiger partial charge in [-0.3, -0.25) is 13.5 Å². The smallest absolute Gasteiger partial charge is 0.269 e. The molecule has 0 bridgehead atoms. The SMILES string of the molecule is COc1ccccc1CNC(=O)[C@H](C)n1sc2ccccc2c1=O. The summed E-state index contributed by atoms with van der Waals surface area (Å²) in [7, 11) is 1.60. The first-order chi connectivity index (χ1) is 11.6. The molecule has 3 aromatic rings. The van der Waals surface area contributed by atoms with E-state index in [2.05, 4.69) is 5.32 Å². The number of nitrogens with zero attached hydrogens (tertiary/aromatic N) is 1. The Kier molecular flexibility index (Phi) is 4.66. The van der Waals surface area contributed by atoms with Crippen molar-refractivity contribution < 1.29 is 9.53 Å². The normalized spacial score (nSPS) is 12.1. The molecule has 0 unspecified atom stereocenters. The van der Waals surface area contributed by atoms with E-state index in [1.54, 1.807) is 20.1 Å². The molecular weight excluding hydrogens is 324 g/mol. The van der Waals surface area contributed by atoms with Crippen molar-refractivity contribution in [3.8, 4) is 5.75 Å². The van der Waals surface area contributed by atoms with Crippen LogP contribution in [0.5, 0.6) is 5.75 Å². The molecule has 1 amide bonds. The van der Waals surface area contributed by atoms with Gasteiger partial charge in [-0.05, 0) is 25.1 Å². The van der Waals surface area contributed by atoms with Gasteiger partial charge in [-0.1, -0.05) is 41.9 Å². The van der Waals surface area contributed by atoms with Crippen molar-refractivity contribution in [1.29, 1.82) is 0 Å². The van der Waals surface area contributed by atoms with E-state index < -0.39 is 6.04 Å². The number of para-hydroxylation sites is 1. The van der Waals surface area contributed by atoms with Crippen LogP contribution in [0.1, 0.15) is 18.5 Å². The summed E-state index contributed by atoms with van der Waals surface area (Å²) in [5.74, 6) is 0.527. The van der Waals surface area contributed by atoms with Crippen LogP contribution >= 0.6 is 11.5 Å². The molecule has 5 nitrogen and oxygen atoms in total. The standard InChI is InChI=1S/C18H18N2O3S/c1-12(20-18(22)14-8-4-6-10-16(14)24-20)17(21)19-11-13-7-3-5-9-15(13)23-2/h3-10,12H,11H2,1-2H3,(H,19,21)/t12-/m0/s1. The number of rotatable bonds is 5. The van der Waals surface area contributed by atoms with Crippen LogP contribution in [-0.2, 0) is 11.3 Å². The summed E-state index contributed by atoms with van der Waals surface area (Å²) in [4.78, 5) is 24.9. The largest absolute Gasteiger partial charge is 0.496 e. The number of hydrogen-bond acceptors (Lipinski definition) is 4. The van der Waals surface area contributed by atoms with E-state index in [1.807, 2.05) is 42.5 Å². The lowest BCUT2D eigenvalue weighted by molar-refractivity contribution is -0.123. The molecule has 0 aliphatic carbocycles. The van der Waals surface area contributed by atoms with Gasteiger partial charge in [-0.15, -0.1) is 0 Å². The number of fused-ring (bicyclic) bond motifs is 1. The molecule has 0 saturated carbocycles. The number of carbonyl (C=O) groups excluding carboxylic acids is 1. The van der Waals surface area contributed by atoms with E-state index in [9.17, 15) is 9.59 Å². The summed E-state index contributed by atoms with van der Waals surface area (Å²) >= 11 is 1.31. The third-order valence-corrected chi connectivity index (χ3v) is 5.12. The first kappa shape index (κ1) is 16.3. The lowest BCUT2D eigenvalue weighted by Gasteiger charge is -2.13. The molecule has 1 N–H and O–H groups in total. The molecule has 0 fully saturated rings. The molecule has 24 heavy (non-hydrogen) atoms. The number of methoxy groups -OCH3 is 1. The second-order valence-electron chi connectivity index (χ2n) is 5.42. The van der Waals surface area contributed by atoms with E-state index >= 15 is 0 Å². The summed E-state index contributed by atoms with van der Waals surface area (Å²) < 4.78 is 7.67. The minimum Gasteiger partial charge on any atom is -0.496 e.